The molecule has 0 aliphatic carbocycles. The Bertz CT molecular complexity index is 359. The van der Waals surface area contributed by atoms with Gasteiger partial charge in [0.1, 0.15) is 5.82 Å². The van der Waals surface area contributed by atoms with Crippen molar-refractivity contribution in [1.29, 1.82) is 0 Å². The van der Waals surface area contributed by atoms with Crippen molar-refractivity contribution in [3.63, 3.8) is 0 Å². The second-order valence-corrected chi connectivity index (χ2v) is 4.99. The Morgan fingerprint density at radius 3 is 2.93 bits per heavy atom. The van der Waals surface area contributed by atoms with Crippen LogP contribution in [0.5, 0.6) is 0 Å². The molecule has 1 aromatic rings. The molecule has 1 heterocycles. The van der Waals surface area contributed by atoms with E-state index >= 15 is 0 Å². The van der Waals surface area contributed by atoms with Crippen LogP contribution in [0.1, 0.15) is 29.9 Å². The van der Waals surface area contributed by atoms with Crippen molar-refractivity contribution < 1.29 is 4.39 Å². The molecule has 1 fully saturated rings. The number of rotatable bonds is 1. The number of aryl methyl sites for hydroxylation is 1. The Labute approximate surface area is 98.2 Å². The quantitative estimate of drug-likeness (QED) is 0.826. The Morgan fingerprint density at radius 1 is 1.47 bits per heavy atom. The van der Waals surface area contributed by atoms with Crippen molar-refractivity contribution >= 4 is 15.9 Å². The van der Waals surface area contributed by atoms with Crippen molar-refractivity contribution in [3.05, 3.63) is 33.5 Å². The van der Waals surface area contributed by atoms with Crippen LogP contribution >= 0.6 is 15.9 Å². The summed E-state index contributed by atoms with van der Waals surface area (Å²) in [4.78, 5) is 0. The van der Waals surface area contributed by atoms with Crippen LogP contribution in [0.15, 0.2) is 16.6 Å². The molecule has 0 bridgehead atoms. The van der Waals surface area contributed by atoms with E-state index in [-0.39, 0.29) is 5.82 Å². The van der Waals surface area contributed by atoms with E-state index in [1.54, 1.807) is 6.07 Å². The number of hydrogen-bond acceptors (Lipinski definition) is 1. The number of piperidine rings is 1. The molecule has 82 valence electrons. The highest BCUT2D eigenvalue weighted by molar-refractivity contribution is 9.10. The first-order valence-electron chi connectivity index (χ1n) is 5.34. The number of hydrogen-bond donors (Lipinski definition) is 1. The van der Waals surface area contributed by atoms with Crippen LogP contribution < -0.4 is 5.32 Å². The second kappa shape index (κ2) is 4.62. The lowest BCUT2D eigenvalue weighted by molar-refractivity contribution is 0.458. The fraction of sp³-hybridized carbons (Fsp3) is 0.500. The largest absolute Gasteiger partial charge is 0.316 e. The minimum absolute atomic E-state index is 0.143. The Balaban J connectivity index is 2.33. The molecular formula is C12H15BrFN. The van der Waals surface area contributed by atoms with Gasteiger partial charge in [-0.2, -0.15) is 0 Å². The summed E-state index contributed by atoms with van der Waals surface area (Å²) in [6, 6.07) is 3.66. The zero-order valence-electron chi connectivity index (χ0n) is 8.82. The zero-order valence-corrected chi connectivity index (χ0v) is 10.4. The third kappa shape index (κ3) is 2.40. The first kappa shape index (κ1) is 11.1. The molecule has 1 aromatic carbocycles. The van der Waals surface area contributed by atoms with E-state index in [1.165, 1.54) is 6.42 Å². The van der Waals surface area contributed by atoms with Gasteiger partial charge in [0.15, 0.2) is 0 Å². The molecule has 15 heavy (non-hydrogen) atoms. The molecule has 1 aliphatic heterocycles. The molecule has 1 N–H and O–H groups in total. The first-order chi connectivity index (χ1) is 7.18. The molecule has 0 amide bonds. The standard InChI is InChI=1S/C12H15BrFN/c1-8-5-10(12(13)11(14)6-8)9-3-2-4-15-7-9/h5-6,9,15H,2-4,7H2,1H3. The lowest BCUT2D eigenvalue weighted by Crippen LogP contribution is -2.28. The third-order valence-electron chi connectivity index (χ3n) is 2.94. The zero-order chi connectivity index (χ0) is 10.8. The van der Waals surface area contributed by atoms with Gasteiger partial charge in [-0.15, -0.1) is 0 Å². The molecule has 3 heteroatoms. The molecule has 1 aliphatic rings. The van der Waals surface area contributed by atoms with E-state index < -0.39 is 0 Å². The molecule has 0 spiro atoms. The first-order valence-corrected chi connectivity index (χ1v) is 6.14. The van der Waals surface area contributed by atoms with Gasteiger partial charge < -0.3 is 5.32 Å². The van der Waals surface area contributed by atoms with E-state index in [4.69, 9.17) is 0 Å². The fourth-order valence-electron chi connectivity index (χ4n) is 2.17. The van der Waals surface area contributed by atoms with Crippen LogP contribution in [0.2, 0.25) is 0 Å². The van der Waals surface area contributed by atoms with Crippen molar-refractivity contribution in [2.24, 2.45) is 0 Å². The van der Waals surface area contributed by atoms with E-state index in [0.29, 0.717) is 10.4 Å². The maximum atomic E-state index is 13.5. The number of nitrogens with one attached hydrogen (secondary N) is 1. The molecule has 1 saturated heterocycles. The average molecular weight is 272 g/mol. The fourth-order valence-corrected chi connectivity index (χ4v) is 2.72. The van der Waals surface area contributed by atoms with Gasteiger partial charge in [-0.05, 0) is 65.4 Å². The summed E-state index contributed by atoms with van der Waals surface area (Å²) in [5.74, 6) is 0.304. The monoisotopic (exact) mass is 271 g/mol. The van der Waals surface area contributed by atoms with Gasteiger partial charge in [0, 0.05) is 6.54 Å². The summed E-state index contributed by atoms with van der Waals surface area (Å²) in [6.45, 7) is 3.99. The molecule has 0 saturated carbocycles. The average Bonchev–Trinajstić information content (AvgIpc) is 2.24. The van der Waals surface area contributed by atoms with Crippen molar-refractivity contribution in [2.45, 2.75) is 25.7 Å². The van der Waals surface area contributed by atoms with Gasteiger partial charge in [0.2, 0.25) is 0 Å². The summed E-state index contributed by atoms with van der Waals surface area (Å²) in [7, 11) is 0. The molecule has 1 nitrogen and oxygen atoms in total. The van der Waals surface area contributed by atoms with Crippen LogP contribution in [0.3, 0.4) is 0 Å². The summed E-state index contributed by atoms with van der Waals surface area (Å²) in [6.07, 6.45) is 2.32. The van der Waals surface area contributed by atoms with Crippen LogP contribution in [0.4, 0.5) is 4.39 Å². The van der Waals surface area contributed by atoms with E-state index in [2.05, 4.69) is 27.3 Å². The maximum absolute atomic E-state index is 13.5. The Hall–Kier alpha value is -0.410. The SMILES string of the molecule is Cc1cc(F)c(Br)c(C2CCCNC2)c1. The van der Waals surface area contributed by atoms with Crippen LogP contribution in [0.25, 0.3) is 0 Å². The number of halogens is 2. The summed E-state index contributed by atoms with van der Waals surface area (Å²) in [5.41, 5.74) is 2.11. The van der Waals surface area contributed by atoms with Crippen molar-refractivity contribution in [3.8, 4) is 0 Å². The molecular weight excluding hydrogens is 257 g/mol. The van der Waals surface area contributed by atoms with E-state index in [1.807, 2.05) is 6.92 Å². The topological polar surface area (TPSA) is 12.0 Å². The molecule has 0 radical (unpaired) electrons. The summed E-state index contributed by atoms with van der Waals surface area (Å²) >= 11 is 3.35. The predicted octanol–water partition coefficient (Wildman–Crippen LogP) is 3.36. The van der Waals surface area contributed by atoms with E-state index in [0.717, 1.165) is 30.6 Å². The van der Waals surface area contributed by atoms with Gasteiger partial charge in [-0.25, -0.2) is 4.39 Å². The highest BCUT2D eigenvalue weighted by Gasteiger charge is 2.19. The van der Waals surface area contributed by atoms with Crippen molar-refractivity contribution in [1.82, 2.24) is 5.32 Å². The summed E-state index contributed by atoms with van der Waals surface area (Å²) < 4.78 is 14.2. The highest BCUT2D eigenvalue weighted by Crippen LogP contribution is 2.32. The van der Waals surface area contributed by atoms with Gasteiger partial charge >= 0.3 is 0 Å². The molecule has 0 aromatic heterocycles. The smallest absolute Gasteiger partial charge is 0.137 e. The van der Waals surface area contributed by atoms with Gasteiger partial charge in [0.25, 0.3) is 0 Å². The maximum Gasteiger partial charge on any atom is 0.137 e. The minimum Gasteiger partial charge on any atom is -0.316 e. The lowest BCUT2D eigenvalue weighted by atomic mass is 9.91. The Kier molecular flexibility index (Phi) is 3.42. The van der Waals surface area contributed by atoms with Crippen LogP contribution in [-0.2, 0) is 0 Å². The molecule has 1 unspecified atom stereocenters. The summed E-state index contributed by atoms with van der Waals surface area (Å²) in [5, 5.41) is 3.36. The van der Waals surface area contributed by atoms with Gasteiger partial charge in [-0.3, -0.25) is 0 Å². The van der Waals surface area contributed by atoms with Crippen LogP contribution in [-0.4, -0.2) is 13.1 Å². The normalized spacial score (nSPS) is 21.7. The highest BCUT2D eigenvalue weighted by atomic mass is 79.9. The Morgan fingerprint density at radius 2 is 2.27 bits per heavy atom. The molecule has 2 rings (SSSR count). The van der Waals surface area contributed by atoms with Gasteiger partial charge in [-0.1, -0.05) is 6.07 Å². The van der Waals surface area contributed by atoms with Crippen molar-refractivity contribution in [2.75, 3.05) is 13.1 Å². The second-order valence-electron chi connectivity index (χ2n) is 4.19. The van der Waals surface area contributed by atoms with Crippen LogP contribution in [0, 0.1) is 12.7 Å². The predicted molar refractivity (Wildman–Crippen MR) is 63.7 cm³/mol. The molecule has 1 atom stereocenters. The third-order valence-corrected chi connectivity index (χ3v) is 3.77. The minimum atomic E-state index is -0.143. The number of benzene rings is 1. The van der Waals surface area contributed by atoms with Gasteiger partial charge in [0.05, 0.1) is 4.47 Å². The van der Waals surface area contributed by atoms with E-state index in [9.17, 15) is 4.39 Å². The lowest BCUT2D eigenvalue weighted by Gasteiger charge is -2.24.